The van der Waals surface area contributed by atoms with E-state index in [0.717, 1.165) is 42.8 Å². The van der Waals surface area contributed by atoms with Gasteiger partial charge in [0.2, 0.25) is 5.91 Å². The summed E-state index contributed by atoms with van der Waals surface area (Å²) < 4.78 is 5.81. The minimum absolute atomic E-state index is 0.148. The number of rotatable bonds is 6. The van der Waals surface area contributed by atoms with Crippen molar-refractivity contribution in [3.05, 3.63) is 29.3 Å². The summed E-state index contributed by atoms with van der Waals surface area (Å²) in [7, 11) is 0. The van der Waals surface area contributed by atoms with Gasteiger partial charge in [-0.05, 0) is 44.4 Å². The topological polar surface area (TPSA) is 50.4 Å². The summed E-state index contributed by atoms with van der Waals surface area (Å²) in [6, 6.07) is 6.14. The molecule has 0 aliphatic carbocycles. The van der Waals surface area contributed by atoms with E-state index in [-0.39, 0.29) is 11.8 Å². The highest BCUT2D eigenvalue weighted by Gasteiger charge is 2.21. The molecule has 0 spiro atoms. The lowest BCUT2D eigenvalue weighted by Crippen LogP contribution is -2.33. The fourth-order valence-corrected chi connectivity index (χ4v) is 2.51. The summed E-state index contributed by atoms with van der Waals surface area (Å²) in [5, 5.41) is 6.18. The molecule has 1 aliphatic rings. The molecule has 0 bridgehead atoms. The molecular formula is C16H24N2O2. The van der Waals surface area contributed by atoms with Gasteiger partial charge in [-0.25, -0.2) is 0 Å². The fourth-order valence-electron chi connectivity index (χ4n) is 2.51. The van der Waals surface area contributed by atoms with Crippen molar-refractivity contribution in [3.8, 4) is 5.75 Å². The highest BCUT2D eigenvalue weighted by Crippen LogP contribution is 2.22. The zero-order chi connectivity index (χ0) is 14.4. The van der Waals surface area contributed by atoms with E-state index in [9.17, 15) is 4.79 Å². The van der Waals surface area contributed by atoms with Gasteiger partial charge in [-0.2, -0.15) is 0 Å². The van der Waals surface area contributed by atoms with Crippen LogP contribution >= 0.6 is 0 Å². The molecule has 2 rings (SSSR count). The third kappa shape index (κ3) is 3.97. The number of hydrogen-bond donors (Lipinski definition) is 2. The van der Waals surface area contributed by atoms with E-state index in [4.69, 9.17) is 4.74 Å². The molecule has 1 aromatic carbocycles. The highest BCUT2D eigenvalue weighted by atomic mass is 16.5. The van der Waals surface area contributed by atoms with Crippen LogP contribution < -0.4 is 15.4 Å². The Morgan fingerprint density at radius 2 is 2.15 bits per heavy atom. The van der Waals surface area contributed by atoms with Gasteiger partial charge in [0.25, 0.3) is 0 Å². The molecule has 2 N–H and O–H groups in total. The molecule has 0 saturated carbocycles. The van der Waals surface area contributed by atoms with E-state index >= 15 is 0 Å². The minimum Gasteiger partial charge on any atom is -0.493 e. The summed E-state index contributed by atoms with van der Waals surface area (Å²) in [6.45, 7) is 7.18. The second-order valence-electron chi connectivity index (χ2n) is 5.40. The van der Waals surface area contributed by atoms with Crippen molar-refractivity contribution >= 4 is 5.91 Å². The Balaban J connectivity index is 1.65. The molecule has 1 amide bonds. The van der Waals surface area contributed by atoms with Crippen molar-refractivity contribution in [1.29, 1.82) is 0 Å². The molecule has 1 aromatic rings. The van der Waals surface area contributed by atoms with Gasteiger partial charge in [-0.1, -0.05) is 18.2 Å². The third-order valence-corrected chi connectivity index (χ3v) is 3.71. The van der Waals surface area contributed by atoms with Crippen molar-refractivity contribution < 1.29 is 9.53 Å². The lowest BCUT2D eigenvalue weighted by molar-refractivity contribution is -0.124. The molecule has 0 radical (unpaired) electrons. The van der Waals surface area contributed by atoms with Crippen molar-refractivity contribution in [2.24, 2.45) is 5.92 Å². The van der Waals surface area contributed by atoms with Gasteiger partial charge in [0, 0.05) is 13.1 Å². The summed E-state index contributed by atoms with van der Waals surface area (Å²) in [4.78, 5) is 11.8. The number of hydrogen-bond acceptors (Lipinski definition) is 3. The van der Waals surface area contributed by atoms with Crippen LogP contribution in [0.2, 0.25) is 0 Å². The zero-order valence-corrected chi connectivity index (χ0v) is 12.4. The first-order valence-electron chi connectivity index (χ1n) is 7.36. The highest BCUT2D eigenvalue weighted by molar-refractivity contribution is 5.79. The number of ether oxygens (including phenoxy) is 1. The van der Waals surface area contributed by atoms with Crippen LogP contribution in [0.15, 0.2) is 18.2 Å². The quantitative estimate of drug-likeness (QED) is 0.779. The van der Waals surface area contributed by atoms with E-state index in [1.54, 1.807) is 0 Å². The van der Waals surface area contributed by atoms with Gasteiger partial charge in [0.05, 0.1) is 12.5 Å². The summed E-state index contributed by atoms with van der Waals surface area (Å²) in [5.74, 6) is 1.29. The Bertz CT molecular complexity index is 434. The number of aryl methyl sites for hydroxylation is 2. The van der Waals surface area contributed by atoms with Crippen LogP contribution in [0.1, 0.15) is 24.0 Å². The first kappa shape index (κ1) is 14.9. The van der Waals surface area contributed by atoms with Crippen LogP contribution in [0.25, 0.3) is 0 Å². The number of para-hydroxylation sites is 1. The van der Waals surface area contributed by atoms with Gasteiger partial charge in [0.1, 0.15) is 5.75 Å². The Morgan fingerprint density at radius 1 is 1.40 bits per heavy atom. The standard InChI is InChI=1S/C16H24N2O2/c1-12-5-3-6-13(2)15(12)20-10-4-8-18-16(19)14-7-9-17-11-14/h3,5-6,14,17H,4,7-11H2,1-2H3,(H,18,19). The average molecular weight is 276 g/mol. The molecule has 1 fully saturated rings. The van der Waals surface area contributed by atoms with E-state index < -0.39 is 0 Å². The number of amides is 1. The molecule has 1 atom stereocenters. The first-order chi connectivity index (χ1) is 9.68. The monoisotopic (exact) mass is 276 g/mol. The van der Waals surface area contributed by atoms with Gasteiger partial charge in [-0.3, -0.25) is 4.79 Å². The Morgan fingerprint density at radius 3 is 2.80 bits per heavy atom. The summed E-state index contributed by atoms with van der Waals surface area (Å²) in [5.41, 5.74) is 2.32. The molecule has 1 saturated heterocycles. The molecule has 110 valence electrons. The second kappa shape index (κ2) is 7.29. The largest absolute Gasteiger partial charge is 0.493 e. The van der Waals surface area contributed by atoms with Gasteiger partial charge >= 0.3 is 0 Å². The Hall–Kier alpha value is -1.55. The van der Waals surface area contributed by atoms with Crippen LogP contribution in [0.3, 0.4) is 0 Å². The van der Waals surface area contributed by atoms with Crippen LogP contribution in [-0.4, -0.2) is 32.1 Å². The lowest BCUT2D eigenvalue weighted by atomic mass is 10.1. The minimum atomic E-state index is 0.148. The molecule has 1 heterocycles. The molecule has 0 aromatic heterocycles. The summed E-state index contributed by atoms with van der Waals surface area (Å²) in [6.07, 6.45) is 1.78. The van der Waals surface area contributed by atoms with E-state index in [2.05, 4.69) is 36.6 Å². The molecule has 1 unspecified atom stereocenters. The normalized spacial score (nSPS) is 18.0. The van der Waals surface area contributed by atoms with Crippen molar-refractivity contribution in [2.45, 2.75) is 26.7 Å². The molecule has 4 heteroatoms. The lowest BCUT2D eigenvalue weighted by Gasteiger charge is -2.13. The predicted molar refractivity (Wildman–Crippen MR) is 80.0 cm³/mol. The van der Waals surface area contributed by atoms with Gasteiger partial charge in [0.15, 0.2) is 0 Å². The van der Waals surface area contributed by atoms with Crippen molar-refractivity contribution in [1.82, 2.24) is 10.6 Å². The van der Waals surface area contributed by atoms with Crippen LogP contribution in [0.4, 0.5) is 0 Å². The van der Waals surface area contributed by atoms with Crippen LogP contribution in [-0.2, 0) is 4.79 Å². The van der Waals surface area contributed by atoms with E-state index in [0.29, 0.717) is 13.2 Å². The maximum absolute atomic E-state index is 11.8. The first-order valence-corrected chi connectivity index (χ1v) is 7.36. The Kier molecular flexibility index (Phi) is 5.41. The number of nitrogens with one attached hydrogen (secondary N) is 2. The molecule has 1 aliphatic heterocycles. The third-order valence-electron chi connectivity index (χ3n) is 3.71. The van der Waals surface area contributed by atoms with Crippen molar-refractivity contribution in [2.75, 3.05) is 26.2 Å². The number of benzene rings is 1. The van der Waals surface area contributed by atoms with Crippen molar-refractivity contribution in [3.63, 3.8) is 0 Å². The molecule has 20 heavy (non-hydrogen) atoms. The predicted octanol–water partition coefficient (Wildman–Crippen LogP) is 1.80. The smallest absolute Gasteiger partial charge is 0.224 e. The van der Waals surface area contributed by atoms with Gasteiger partial charge in [-0.15, -0.1) is 0 Å². The number of carbonyl (C=O) groups excluding carboxylic acids is 1. The second-order valence-corrected chi connectivity index (χ2v) is 5.40. The van der Waals surface area contributed by atoms with E-state index in [1.165, 1.54) is 0 Å². The average Bonchev–Trinajstić information content (AvgIpc) is 2.95. The fraction of sp³-hybridized carbons (Fsp3) is 0.562. The SMILES string of the molecule is Cc1cccc(C)c1OCCCNC(=O)C1CCNC1. The molecule has 4 nitrogen and oxygen atoms in total. The maximum Gasteiger partial charge on any atom is 0.224 e. The van der Waals surface area contributed by atoms with Crippen LogP contribution in [0, 0.1) is 19.8 Å². The maximum atomic E-state index is 11.8. The van der Waals surface area contributed by atoms with E-state index in [1.807, 2.05) is 6.07 Å². The summed E-state index contributed by atoms with van der Waals surface area (Å²) >= 11 is 0. The Labute approximate surface area is 120 Å². The molecular weight excluding hydrogens is 252 g/mol. The van der Waals surface area contributed by atoms with Gasteiger partial charge < -0.3 is 15.4 Å². The van der Waals surface area contributed by atoms with Crippen LogP contribution in [0.5, 0.6) is 5.75 Å². The zero-order valence-electron chi connectivity index (χ0n) is 12.4. The number of carbonyl (C=O) groups is 1.